The van der Waals surface area contributed by atoms with Crippen molar-refractivity contribution in [2.75, 3.05) is 6.54 Å². The predicted octanol–water partition coefficient (Wildman–Crippen LogP) is 2.75. The molecule has 0 saturated carbocycles. The molecule has 0 fully saturated rings. The fourth-order valence-corrected chi connectivity index (χ4v) is 3.13. The van der Waals surface area contributed by atoms with Gasteiger partial charge in [0.15, 0.2) is 0 Å². The number of aromatic nitrogens is 5. The Morgan fingerprint density at radius 3 is 2.70 bits per heavy atom. The Balaban J connectivity index is 1.32. The zero-order chi connectivity index (χ0) is 18.6. The van der Waals surface area contributed by atoms with E-state index in [1.807, 2.05) is 37.3 Å². The molecular weight excluding hydrogens is 340 g/mol. The van der Waals surface area contributed by atoms with E-state index in [1.54, 1.807) is 23.1 Å². The van der Waals surface area contributed by atoms with Crippen LogP contribution < -0.4 is 5.32 Å². The molecule has 2 aromatic carbocycles. The van der Waals surface area contributed by atoms with Crippen molar-refractivity contribution in [2.45, 2.75) is 19.9 Å². The van der Waals surface area contributed by atoms with E-state index in [0.717, 1.165) is 35.5 Å². The van der Waals surface area contributed by atoms with Crippen molar-refractivity contribution in [1.82, 2.24) is 29.6 Å². The fraction of sp³-hybridized carbons (Fsp3) is 0.200. The molecule has 4 rings (SSSR count). The van der Waals surface area contributed by atoms with Crippen LogP contribution in [0.3, 0.4) is 0 Å². The van der Waals surface area contributed by atoms with Crippen molar-refractivity contribution in [3.8, 4) is 5.69 Å². The first-order valence-corrected chi connectivity index (χ1v) is 8.87. The molecule has 2 heterocycles. The van der Waals surface area contributed by atoms with Crippen molar-refractivity contribution >= 4 is 16.9 Å². The average molecular weight is 360 g/mol. The van der Waals surface area contributed by atoms with Crippen molar-refractivity contribution in [1.29, 1.82) is 0 Å². The molecule has 0 aliphatic rings. The SMILES string of the molecule is Cc1nc2ccccc2n1CCCNC(=O)c1ccc(-n2cncn2)cc1. The first kappa shape index (κ1) is 17.0. The largest absolute Gasteiger partial charge is 0.352 e. The number of benzene rings is 2. The van der Waals surface area contributed by atoms with E-state index in [9.17, 15) is 4.79 Å². The third-order valence-electron chi connectivity index (χ3n) is 4.50. The lowest BCUT2D eigenvalue weighted by atomic mass is 10.2. The van der Waals surface area contributed by atoms with Gasteiger partial charge in [0.1, 0.15) is 18.5 Å². The van der Waals surface area contributed by atoms with Gasteiger partial charge in [-0.15, -0.1) is 0 Å². The highest BCUT2D eigenvalue weighted by Crippen LogP contribution is 2.15. The van der Waals surface area contributed by atoms with Crippen LogP contribution in [0.2, 0.25) is 0 Å². The molecule has 0 bridgehead atoms. The van der Waals surface area contributed by atoms with Crippen LogP contribution in [0.15, 0.2) is 61.2 Å². The summed E-state index contributed by atoms with van der Waals surface area (Å²) in [6, 6.07) is 15.4. The van der Waals surface area contributed by atoms with Crippen molar-refractivity contribution in [3.05, 3.63) is 72.6 Å². The van der Waals surface area contributed by atoms with E-state index in [-0.39, 0.29) is 5.91 Å². The maximum atomic E-state index is 12.3. The summed E-state index contributed by atoms with van der Waals surface area (Å²) in [5, 5.41) is 7.05. The highest BCUT2D eigenvalue weighted by Gasteiger charge is 2.08. The maximum absolute atomic E-state index is 12.3. The number of hydrogen-bond acceptors (Lipinski definition) is 4. The monoisotopic (exact) mass is 360 g/mol. The van der Waals surface area contributed by atoms with Gasteiger partial charge in [0.05, 0.1) is 16.7 Å². The van der Waals surface area contributed by atoms with Crippen LogP contribution in [0.25, 0.3) is 16.7 Å². The van der Waals surface area contributed by atoms with E-state index in [2.05, 4.69) is 31.0 Å². The zero-order valence-corrected chi connectivity index (χ0v) is 15.0. The molecule has 1 amide bonds. The van der Waals surface area contributed by atoms with Gasteiger partial charge in [-0.2, -0.15) is 5.10 Å². The lowest BCUT2D eigenvalue weighted by molar-refractivity contribution is 0.0953. The Hall–Kier alpha value is -3.48. The quantitative estimate of drug-likeness (QED) is 0.536. The number of nitrogens with one attached hydrogen (secondary N) is 1. The van der Waals surface area contributed by atoms with E-state index in [4.69, 9.17) is 0 Å². The first-order chi connectivity index (χ1) is 13.2. The predicted molar refractivity (Wildman–Crippen MR) is 103 cm³/mol. The van der Waals surface area contributed by atoms with Gasteiger partial charge in [0, 0.05) is 18.7 Å². The van der Waals surface area contributed by atoms with Gasteiger partial charge in [-0.1, -0.05) is 12.1 Å². The lowest BCUT2D eigenvalue weighted by Crippen LogP contribution is -2.25. The molecule has 0 saturated heterocycles. The Morgan fingerprint density at radius 2 is 1.93 bits per heavy atom. The van der Waals surface area contributed by atoms with Gasteiger partial charge < -0.3 is 9.88 Å². The standard InChI is InChI=1S/C20H20N6O/c1-15-24-18-5-2-3-6-19(18)25(15)12-4-11-22-20(27)16-7-9-17(10-8-16)26-14-21-13-23-26/h2-3,5-10,13-14H,4,11-12H2,1H3,(H,22,27). The number of fused-ring (bicyclic) bond motifs is 1. The van der Waals surface area contributed by atoms with Crippen molar-refractivity contribution in [3.63, 3.8) is 0 Å². The van der Waals surface area contributed by atoms with Gasteiger partial charge in [-0.05, 0) is 49.7 Å². The highest BCUT2D eigenvalue weighted by atomic mass is 16.1. The second-order valence-electron chi connectivity index (χ2n) is 6.30. The van der Waals surface area contributed by atoms with Crippen LogP contribution in [0.4, 0.5) is 0 Å². The summed E-state index contributed by atoms with van der Waals surface area (Å²) in [6.07, 6.45) is 3.94. The second kappa shape index (κ2) is 7.41. The lowest BCUT2D eigenvalue weighted by Gasteiger charge is -2.09. The molecule has 0 atom stereocenters. The fourth-order valence-electron chi connectivity index (χ4n) is 3.13. The minimum atomic E-state index is -0.0765. The summed E-state index contributed by atoms with van der Waals surface area (Å²) >= 11 is 0. The van der Waals surface area contributed by atoms with Crippen LogP contribution in [-0.2, 0) is 6.54 Å². The van der Waals surface area contributed by atoms with Crippen LogP contribution in [0.5, 0.6) is 0 Å². The van der Waals surface area contributed by atoms with Crippen molar-refractivity contribution < 1.29 is 4.79 Å². The average Bonchev–Trinajstić information content (AvgIpc) is 3.33. The molecule has 7 heteroatoms. The minimum Gasteiger partial charge on any atom is -0.352 e. The highest BCUT2D eigenvalue weighted by molar-refractivity contribution is 5.94. The molecule has 136 valence electrons. The zero-order valence-electron chi connectivity index (χ0n) is 15.0. The third-order valence-corrected chi connectivity index (χ3v) is 4.50. The summed E-state index contributed by atoms with van der Waals surface area (Å²) < 4.78 is 3.84. The molecule has 0 unspecified atom stereocenters. The normalized spacial score (nSPS) is 11.0. The molecule has 2 aromatic heterocycles. The first-order valence-electron chi connectivity index (χ1n) is 8.87. The molecule has 7 nitrogen and oxygen atoms in total. The van der Waals surface area contributed by atoms with E-state index in [1.165, 1.54) is 6.33 Å². The molecule has 1 N–H and O–H groups in total. The molecule has 4 aromatic rings. The Kier molecular flexibility index (Phi) is 4.65. The second-order valence-corrected chi connectivity index (χ2v) is 6.30. The molecule has 0 aliphatic carbocycles. The van der Waals surface area contributed by atoms with E-state index < -0.39 is 0 Å². The Morgan fingerprint density at radius 1 is 1.11 bits per heavy atom. The topological polar surface area (TPSA) is 77.6 Å². The Labute approximate surface area is 156 Å². The summed E-state index contributed by atoms with van der Waals surface area (Å²) in [5.41, 5.74) is 3.63. The number of amides is 1. The number of rotatable bonds is 6. The van der Waals surface area contributed by atoms with E-state index >= 15 is 0 Å². The Bertz CT molecular complexity index is 1050. The van der Waals surface area contributed by atoms with Crippen LogP contribution >= 0.6 is 0 Å². The summed E-state index contributed by atoms with van der Waals surface area (Å²) in [5.74, 6) is 0.915. The third kappa shape index (κ3) is 3.57. The minimum absolute atomic E-state index is 0.0765. The van der Waals surface area contributed by atoms with Crippen LogP contribution in [0.1, 0.15) is 22.6 Å². The summed E-state index contributed by atoms with van der Waals surface area (Å²) in [6.45, 7) is 3.43. The molecule has 0 radical (unpaired) electrons. The number of nitrogens with zero attached hydrogens (tertiary/aromatic N) is 5. The molecular formula is C20H20N6O. The summed E-state index contributed by atoms with van der Waals surface area (Å²) in [7, 11) is 0. The van der Waals surface area contributed by atoms with Gasteiger partial charge in [0.2, 0.25) is 0 Å². The molecule has 0 aliphatic heterocycles. The molecule has 0 spiro atoms. The number of carbonyl (C=O) groups is 1. The van der Waals surface area contributed by atoms with E-state index in [0.29, 0.717) is 12.1 Å². The number of imidazole rings is 1. The van der Waals surface area contributed by atoms with Crippen molar-refractivity contribution in [2.24, 2.45) is 0 Å². The number of aryl methyl sites for hydroxylation is 2. The van der Waals surface area contributed by atoms with Gasteiger partial charge in [0.25, 0.3) is 5.91 Å². The van der Waals surface area contributed by atoms with Gasteiger partial charge in [-0.3, -0.25) is 4.79 Å². The molecule has 27 heavy (non-hydrogen) atoms. The summed E-state index contributed by atoms with van der Waals surface area (Å²) in [4.78, 5) is 20.8. The number of hydrogen-bond donors (Lipinski definition) is 1. The smallest absolute Gasteiger partial charge is 0.251 e. The van der Waals surface area contributed by atoms with Gasteiger partial charge in [-0.25, -0.2) is 14.6 Å². The van der Waals surface area contributed by atoms with Crippen LogP contribution in [0, 0.1) is 6.92 Å². The maximum Gasteiger partial charge on any atom is 0.251 e. The van der Waals surface area contributed by atoms with Crippen LogP contribution in [-0.4, -0.2) is 36.8 Å². The number of carbonyl (C=O) groups excluding carboxylic acids is 1. The van der Waals surface area contributed by atoms with Gasteiger partial charge >= 0.3 is 0 Å². The number of para-hydroxylation sites is 2.